The van der Waals surface area contributed by atoms with E-state index >= 15 is 0 Å². The number of nitrogens with zero attached hydrogens (tertiary/aromatic N) is 2. The zero-order valence-electron chi connectivity index (χ0n) is 10.6. The maximum absolute atomic E-state index is 12.7. The third-order valence-electron chi connectivity index (χ3n) is 3.58. The van der Waals surface area contributed by atoms with Gasteiger partial charge in [0, 0.05) is 18.8 Å². The van der Waals surface area contributed by atoms with Crippen LogP contribution in [0.3, 0.4) is 0 Å². The van der Waals surface area contributed by atoms with Gasteiger partial charge in [-0.15, -0.1) is 0 Å². The van der Waals surface area contributed by atoms with Crippen molar-refractivity contribution in [2.45, 2.75) is 36.6 Å². The van der Waals surface area contributed by atoms with E-state index in [4.69, 9.17) is 5.84 Å². The van der Waals surface area contributed by atoms with Gasteiger partial charge in [-0.2, -0.15) is 4.31 Å². The number of aromatic nitrogens is 1. The number of hydrogen-bond acceptors (Lipinski definition) is 5. The normalized spacial score (nSPS) is 19.7. The molecular formula is C12H18N4O2S. The van der Waals surface area contributed by atoms with Gasteiger partial charge in [0.25, 0.3) is 0 Å². The molecule has 2 aliphatic carbocycles. The second-order valence-electron chi connectivity index (χ2n) is 5.24. The molecule has 0 saturated heterocycles. The van der Waals surface area contributed by atoms with Gasteiger partial charge in [0.2, 0.25) is 10.0 Å². The molecule has 0 amide bonds. The van der Waals surface area contributed by atoms with Gasteiger partial charge in [-0.05, 0) is 43.7 Å². The molecule has 0 aromatic carbocycles. The van der Waals surface area contributed by atoms with Crippen LogP contribution in [0.25, 0.3) is 0 Å². The largest absolute Gasteiger partial charge is 0.307 e. The van der Waals surface area contributed by atoms with Crippen LogP contribution >= 0.6 is 0 Å². The third-order valence-corrected chi connectivity index (χ3v) is 5.53. The summed E-state index contributed by atoms with van der Waals surface area (Å²) in [6.07, 6.45) is 5.70. The molecule has 7 heteroatoms. The van der Waals surface area contributed by atoms with Gasteiger partial charge in [0.15, 0.2) is 5.82 Å². The molecule has 0 radical (unpaired) electrons. The van der Waals surface area contributed by atoms with Gasteiger partial charge in [0.1, 0.15) is 4.90 Å². The minimum absolute atomic E-state index is 0.163. The molecule has 2 saturated carbocycles. The zero-order chi connectivity index (χ0) is 13.5. The molecule has 0 unspecified atom stereocenters. The minimum atomic E-state index is -3.51. The SMILES string of the molecule is NNc1ncccc1S(=O)(=O)N(CC1CC1)C1CC1. The highest BCUT2D eigenvalue weighted by Gasteiger charge is 2.41. The van der Waals surface area contributed by atoms with Crippen molar-refractivity contribution in [2.75, 3.05) is 12.0 Å². The van der Waals surface area contributed by atoms with Gasteiger partial charge in [-0.25, -0.2) is 19.2 Å². The summed E-state index contributed by atoms with van der Waals surface area (Å²) < 4.78 is 27.1. The van der Waals surface area contributed by atoms with E-state index in [1.165, 1.54) is 6.20 Å². The number of nitrogens with one attached hydrogen (secondary N) is 1. The Hall–Kier alpha value is -1.18. The van der Waals surface area contributed by atoms with Gasteiger partial charge in [-0.1, -0.05) is 0 Å². The van der Waals surface area contributed by atoms with E-state index < -0.39 is 10.0 Å². The van der Waals surface area contributed by atoms with Crippen molar-refractivity contribution in [1.29, 1.82) is 0 Å². The van der Waals surface area contributed by atoms with Crippen LogP contribution in [-0.4, -0.2) is 30.3 Å². The molecular weight excluding hydrogens is 264 g/mol. The van der Waals surface area contributed by atoms with Crippen molar-refractivity contribution >= 4 is 15.8 Å². The number of nitrogen functional groups attached to an aromatic ring is 1. The Morgan fingerprint density at radius 3 is 2.68 bits per heavy atom. The van der Waals surface area contributed by atoms with E-state index in [1.54, 1.807) is 16.4 Å². The molecule has 2 fully saturated rings. The van der Waals surface area contributed by atoms with E-state index in [2.05, 4.69) is 10.4 Å². The zero-order valence-corrected chi connectivity index (χ0v) is 11.4. The molecule has 2 aliphatic rings. The van der Waals surface area contributed by atoms with Crippen molar-refractivity contribution in [1.82, 2.24) is 9.29 Å². The number of nitrogens with two attached hydrogens (primary N) is 1. The lowest BCUT2D eigenvalue weighted by Crippen LogP contribution is -2.35. The Morgan fingerprint density at radius 1 is 1.37 bits per heavy atom. The molecule has 104 valence electrons. The van der Waals surface area contributed by atoms with Crippen LogP contribution in [0.1, 0.15) is 25.7 Å². The summed E-state index contributed by atoms with van der Waals surface area (Å²) >= 11 is 0. The summed E-state index contributed by atoms with van der Waals surface area (Å²) in [5, 5.41) is 0. The minimum Gasteiger partial charge on any atom is -0.307 e. The van der Waals surface area contributed by atoms with E-state index in [0.29, 0.717) is 12.5 Å². The number of rotatable bonds is 6. The lowest BCUT2D eigenvalue weighted by molar-refractivity contribution is 0.389. The van der Waals surface area contributed by atoms with Crippen LogP contribution in [0.4, 0.5) is 5.82 Å². The van der Waals surface area contributed by atoms with Crippen LogP contribution in [0.15, 0.2) is 23.2 Å². The fourth-order valence-corrected chi connectivity index (χ4v) is 4.06. The van der Waals surface area contributed by atoms with Crippen molar-refractivity contribution in [2.24, 2.45) is 11.8 Å². The molecule has 0 atom stereocenters. The Bertz CT molecular complexity index is 567. The van der Waals surface area contributed by atoms with E-state index in [9.17, 15) is 8.42 Å². The fourth-order valence-electron chi connectivity index (χ4n) is 2.19. The standard InChI is InChI=1S/C12H18N4O2S/c13-15-12-11(2-1-7-14-12)19(17,18)16(10-5-6-10)8-9-3-4-9/h1-2,7,9-10H,3-6,8,13H2,(H,14,15). The van der Waals surface area contributed by atoms with Crippen LogP contribution in [0, 0.1) is 5.92 Å². The summed E-state index contributed by atoms with van der Waals surface area (Å²) in [6, 6.07) is 3.34. The molecule has 1 heterocycles. The van der Waals surface area contributed by atoms with E-state index in [0.717, 1.165) is 25.7 Å². The number of pyridine rings is 1. The lowest BCUT2D eigenvalue weighted by Gasteiger charge is -2.22. The topological polar surface area (TPSA) is 88.3 Å². The highest BCUT2D eigenvalue weighted by Crippen LogP contribution is 2.38. The van der Waals surface area contributed by atoms with Crippen LogP contribution in [0.5, 0.6) is 0 Å². The molecule has 1 aromatic heterocycles. The van der Waals surface area contributed by atoms with Crippen LogP contribution in [0.2, 0.25) is 0 Å². The van der Waals surface area contributed by atoms with Crippen molar-refractivity contribution in [3.63, 3.8) is 0 Å². The Kier molecular flexibility index (Phi) is 3.20. The van der Waals surface area contributed by atoms with Gasteiger partial charge in [0.05, 0.1) is 0 Å². The average molecular weight is 282 g/mol. The average Bonchev–Trinajstić information content (AvgIpc) is 3.28. The Labute approximate surface area is 113 Å². The van der Waals surface area contributed by atoms with Crippen molar-refractivity contribution < 1.29 is 8.42 Å². The molecule has 0 aliphatic heterocycles. The molecule has 1 aromatic rings. The molecule has 0 bridgehead atoms. The number of hydrazine groups is 1. The van der Waals surface area contributed by atoms with Crippen molar-refractivity contribution in [3.8, 4) is 0 Å². The monoisotopic (exact) mass is 282 g/mol. The molecule has 6 nitrogen and oxygen atoms in total. The predicted octanol–water partition coefficient (Wildman–Crippen LogP) is 0.930. The van der Waals surface area contributed by atoms with Crippen molar-refractivity contribution in [3.05, 3.63) is 18.3 Å². The summed E-state index contributed by atoms with van der Waals surface area (Å²) in [4.78, 5) is 4.15. The Balaban J connectivity index is 1.94. The second-order valence-corrected chi connectivity index (χ2v) is 7.10. The second kappa shape index (κ2) is 4.73. The predicted molar refractivity (Wildman–Crippen MR) is 71.7 cm³/mol. The number of anilines is 1. The fraction of sp³-hybridized carbons (Fsp3) is 0.583. The molecule has 0 spiro atoms. The summed E-state index contributed by atoms with van der Waals surface area (Å²) in [7, 11) is -3.51. The quantitative estimate of drug-likeness (QED) is 0.598. The van der Waals surface area contributed by atoms with E-state index in [-0.39, 0.29) is 16.8 Å². The van der Waals surface area contributed by atoms with Crippen LogP contribution < -0.4 is 11.3 Å². The third kappa shape index (κ3) is 2.58. The van der Waals surface area contributed by atoms with Gasteiger partial charge in [-0.3, -0.25) is 0 Å². The van der Waals surface area contributed by atoms with Crippen LogP contribution in [-0.2, 0) is 10.0 Å². The summed E-state index contributed by atoms with van der Waals surface area (Å²) in [5.41, 5.74) is 2.37. The first kappa shape index (κ1) is 12.8. The highest BCUT2D eigenvalue weighted by molar-refractivity contribution is 7.89. The number of sulfonamides is 1. The smallest absolute Gasteiger partial charge is 0.247 e. The maximum Gasteiger partial charge on any atom is 0.247 e. The lowest BCUT2D eigenvalue weighted by atomic mass is 10.4. The summed E-state index contributed by atoms with van der Waals surface area (Å²) in [5.74, 6) is 6.10. The molecule has 3 N–H and O–H groups in total. The number of hydrogen-bond donors (Lipinski definition) is 2. The maximum atomic E-state index is 12.7. The first-order valence-corrected chi connectivity index (χ1v) is 8.00. The van der Waals surface area contributed by atoms with Gasteiger partial charge < -0.3 is 5.43 Å². The highest BCUT2D eigenvalue weighted by atomic mass is 32.2. The summed E-state index contributed by atoms with van der Waals surface area (Å²) in [6.45, 7) is 0.631. The van der Waals surface area contributed by atoms with E-state index in [1.807, 2.05) is 0 Å². The first-order valence-electron chi connectivity index (χ1n) is 6.56. The van der Waals surface area contributed by atoms with Gasteiger partial charge >= 0.3 is 0 Å². The Morgan fingerprint density at radius 2 is 2.11 bits per heavy atom. The molecule has 3 rings (SSSR count). The molecule has 19 heavy (non-hydrogen) atoms. The first-order chi connectivity index (χ1) is 9.13.